The molecule has 1 atom stereocenters. The molecule has 17 heavy (non-hydrogen) atoms. The van der Waals surface area contributed by atoms with Crippen LogP contribution in [0.5, 0.6) is 5.75 Å². The van der Waals surface area contributed by atoms with Crippen LogP contribution in [0, 0.1) is 6.92 Å². The van der Waals surface area contributed by atoms with Crippen molar-refractivity contribution in [3.63, 3.8) is 0 Å². The smallest absolute Gasteiger partial charge is 0.251 e. The zero-order valence-electron chi connectivity index (χ0n) is 9.99. The SMILES string of the molecule is Cc1ccc(C(=O)N[C@@H]2CCCNC2)cc1O. The lowest BCUT2D eigenvalue weighted by molar-refractivity contribution is 0.0930. The van der Waals surface area contributed by atoms with E-state index >= 15 is 0 Å². The summed E-state index contributed by atoms with van der Waals surface area (Å²) in [7, 11) is 0. The maximum absolute atomic E-state index is 11.9. The average molecular weight is 234 g/mol. The Bertz CT molecular complexity index is 412. The Morgan fingerprint density at radius 1 is 1.53 bits per heavy atom. The van der Waals surface area contributed by atoms with Gasteiger partial charge >= 0.3 is 0 Å². The van der Waals surface area contributed by atoms with E-state index < -0.39 is 0 Å². The minimum Gasteiger partial charge on any atom is -0.508 e. The van der Waals surface area contributed by atoms with Gasteiger partial charge in [-0.2, -0.15) is 0 Å². The number of aromatic hydroxyl groups is 1. The molecule has 0 radical (unpaired) electrons. The van der Waals surface area contributed by atoms with Crippen LogP contribution in [0.15, 0.2) is 18.2 Å². The first-order valence-corrected chi connectivity index (χ1v) is 5.98. The van der Waals surface area contributed by atoms with Gasteiger partial charge in [0, 0.05) is 18.2 Å². The van der Waals surface area contributed by atoms with Crippen LogP contribution in [0.25, 0.3) is 0 Å². The Morgan fingerprint density at radius 2 is 2.35 bits per heavy atom. The van der Waals surface area contributed by atoms with E-state index in [2.05, 4.69) is 10.6 Å². The maximum atomic E-state index is 11.9. The number of benzene rings is 1. The second-order valence-corrected chi connectivity index (χ2v) is 4.52. The van der Waals surface area contributed by atoms with Gasteiger partial charge in [0.15, 0.2) is 0 Å². The molecule has 0 unspecified atom stereocenters. The van der Waals surface area contributed by atoms with Crippen molar-refractivity contribution in [3.05, 3.63) is 29.3 Å². The predicted octanol–water partition coefficient (Wildman–Crippen LogP) is 1.18. The molecule has 92 valence electrons. The number of carbonyl (C=O) groups is 1. The molecule has 3 N–H and O–H groups in total. The van der Waals surface area contributed by atoms with Crippen molar-refractivity contribution in [2.45, 2.75) is 25.8 Å². The highest BCUT2D eigenvalue weighted by Gasteiger charge is 2.16. The normalized spacial score (nSPS) is 19.9. The fraction of sp³-hybridized carbons (Fsp3) is 0.462. The number of rotatable bonds is 2. The number of phenols is 1. The van der Waals surface area contributed by atoms with E-state index in [-0.39, 0.29) is 17.7 Å². The van der Waals surface area contributed by atoms with Gasteiger partial charge in [-0.05, 0) is 44.0 Å². The standard InChI is InChI=1S/C13H18N2O2/c1-9-4-5-10(7-12(9)16)13(17)15-11-3-2-6-14-8-11/h4-5,7,11,14,16H,2-3,6,8H2,1H3,(H,15,17)/t11-/m1/s1. The van der Waals surface area contributed by atoms with E-state index in [0.717, 1.165) is 31.5 Å². The first kappa shape index (κ1) is 11.9. The molecule has 4 nitrogen and oxygen atoms in total. The van der Waals surface area contributed by atoms with Gasteiger partial charge in [-0.1, -0.05) is 6.07 Å². The summed E-state index contributed by atoms with van der Waals surface area (Å²) in [4.78, 5) is 11.9. The summed E-state index contributed by atoms with van der Waals surface area (Å²) in [6, 6.07) is 5.20. The van der Waals surface area contributed by atoms with Gasteiger partial charge in [0.2, 0.25) is 0 Å². The highest BCUT2D eigenvalue weighted by Crippen LogP contribution is 2.17. The van der Waals surface area contributed by atoms with Crippen LogP contribution in [-0.2, 0) is 0 Å². The molecule has 1 aromatic rings. The minimum atomic E-state index is -0.117. The number of hydrogen-bond donors (Lipinski definition) is 3. The van der Waals surface area contributed by atoms with Gasteiger partial charge in [-0.25, -0.2) is 0 Å². The number of hydrogen-bond acceptors (Lipinski definition) is 3. The molecule has 4 heteroatoms. The zero-order chi connectivity index (χ0) is 12.3. The summed E-state index contributed by atoms with van der Waals surface area (Å²) in [5, 5.41) is 15.8. The van der Waals surface area contributed by atoms with Crippen molar-refractivity contribution in [2.75, 3.05) is 13.1 Å². The van der Waals surface area contributed by atoms with Gasteiger partial charge in [0.1, 0.15) is 5.75 Å². The van der Waals surface area contributed by atoms with Crippen LogP contribution in [0.1, 0.15) is 28.8 Å². The molecule has 2 rings (SSSR count). The van der Waals surface area contributed by atoms with Gasteiger partial charge in [0.25, 0.3) is 5.91 Å². The molecule has 1 saturated heterocycles. The zero-order valence-corrected chi connectivity index (χ0v) is 9.99. The Labute approximate surface area is 101 Å². The molecule has 0 aromatic heterocycles. The number of phenolic OH excluding ortho intramolecular Hbond substituents is 1. The molecule has 1 fully saturated rings. The number of piperidine rings is 1. The van der Waals surface area contributed by atoms with Gasteiger partial charge < -0.3 is 15.7 Å². The van der Waals surface area contributed by atoms with Crippen molar-refractivity contribution in [1.82, 2.24) is 10.6 Å². The van der Waals surface area contributed by atoms with Crippen molar-refractivity contribution in [1.29, 1.82) is 0 Å². The second-order valence-electron chi connectivity index (χ2n) is 4.52. The lowest BCUT2D eigenvalue weighted by atomic mass is 10.1. The molecule has 0 aliphatic carbocycles. The topological polar surface area (TPSA) is 61.4 Å². The number of aryl methyl sites for hydroxylation is 1. The summed E-state index contributed by atoms with van der Waals surface area (Å²) < 4.78 is 0. The Kier molecular flexibility index (Phi) is 3.64. The van der Waals surface area contributed by atoms with Crippen LogP contribution in [0.3, 0.4) is 0 Å². The van der Waals surface area contributed by atoms with Gasteiger partial charge in [-0.3, -0.25) is 4.79 Å². The quantitative estimate of drug-likeness (QED) is 0.720. The number of amides is 1. The molecule has 1 aromatic carbocycles. The number of carbonyl (C=O) groups excluding carboxylic acids is 1. The average Bonchev–Trinajstić information content (AvgIpc) is 2.34. The van der Waals surface area contributed by atoms with Crippen LogP contribution < -0.4 is 10.6 Å². The summed E-state index contributed by atoms with van der Waals surface area (Å²) in [5.74, 6) is 0.0495. The Morgan fingerprint density at radius 3 is 3.00 bits per heavy atom. The fourth-order valence-corrected chi connectivity index (χ4v) is 1.99. The van der Waals surface area contributed by atoms with E-state index in [4.69, 9.17) is 0 Å². The molecule has 1 aliphatic rings. The lowest BCUT2D eigenvalue weighted by Gasteiger charge is -2.23. The summed E-state index contributed by atoms with van der Waals surface area (Å²) >= 11 is 0. The molecular weight excluding hydrogens is 216 g/mol. The molecule has 0 bridgehead atoms. The monoisotopic (exact) mass is 234 g/mol. The van der Waals surface area contributed by atoms with Crippen LogP contribution in [-0.4, -0.2) is 30.1 Å². The fourth-order valence-electron chi connectivity index (χ4n) is 1.99. The lowest BCUT2D eigenvalue weighted by Crippen LogP contribution is -2.45. The van der Waals surface area contributed by atoms with E-state index in [9.17, 15) is 9.90 Å². The van der Waals surface area contributed by atoms with Crippen LogP contribution in [0.4, 0.5) is 0 Å². The van der Waals surface area contributed by atoms with Crippen molar-refractivity contribution in [2.24, 2.45) is 0 Å². The third-order valence-corrected chi connectivity index (χ3v) is 3.10. The van der Waals surface area contributed by atoms with E-state index in [1.54, 1.807) is 12.1 Å². The van der Waals surface area contributed by atoms with E-state index in [1.165, 1.54) is 6.07 Å². The third-order valence-electron chi connectivity index (χ3n) is 3.10. The molecule has 1 amide bonds. The summed E-state index contributed by atoms with van der Waals surface area (Å²) in [6.07, 6.45) is 2.10. The predicted molar refractivity (Wildman–Crippen MR) is 66.2 cm³/mol. The third kappa shape index (κ3) is 2.97. The van der Waals surface area contributed by atoms with Crippen molar-refractivity contribution in [3.8, 4) is 5.75 Å². The Balaban J connectivity index is 2.01. The molecule has 1 heterocycles. The maximum Gasteiger partial charge on any atom is 0.251 e. The second kappa shape index (κ2) is 5.19. The van der Waals surface area contributed by atoms with Crippen molar-refractivity contribution >= 4 is 5.91 Å². The van der Waals surface area contributed by atoms with Crippen LogP contribution in [0.2, 0.25) is 0 Å². The molecule has 1 aliphatic heterocycles. The highest BCUT2D eigenvalue weighted by atomic mass is 16.3. The summed E-state index contributed by atoms with van der Waals surface area (Å²) in [6.45, 7) is 3.66. The van der Waals surface area contributed by atoms with E-state index in [1.807, 2.05) is 6.92 Å². The van der Waals surface area contributed by atoms with Crippen LogP contribution >= 0.6 is 0 Å². The first-order valence-electron chi connectivity index (χ1n) is 5.98. The number of nitrogens with one attached hydrogen (secondary N) is 2. The molecular formula is C13H18N2O2. The Hall–Kier alpha value is -1.55. The largest absolute Gasteiger partial charge is 0.508 e. The van der Waals surface area contributed by atoms with E-state index in [0.29, 0.717) is 5.56 Å². The highest BCUT2D eigenvalue weighted by molar-refractivity contribution is 5.94. The minimum absolute atomic E-state index is 0.117. The first-order chi connectivity index (χ1) is 8.16. The van der Waals surface area contributed by atoms with Crippen molar-refractivity contribution < 1.29 is 9.90 Å². The van der Waals surface area contributed by atoms with Gasteiger partial charge in [-0.15, -0.1) is 0 Å². The van der Waals surface area contributed by atoms with Gasteiger partial charge in [0.05, 0.1) is 0 Å². The molecule has 0 saturated carbocycles. The molecule has 0 spiro atoms. The summed E-state index contributed by atoms with van der Waals surface area (Å²) in [5.41, 5.74) is 1.29.